The standard InChI is InChI=1S/C17H16Cl3N.C4H7NO2/c18-12-4-7-14(8-5-12)21-10-2-1-3-17(21)15-9-6-13(19)11-16(15)20;1-5-2-3-7-4(5)6/h4-9,11,17H,1-3,10H2;2-3H2,1H3. The van der Waals surface area contributed by atoms with Crippen LogP contribution in [0.3, 0.4) is 0 Å². The summed E-state index contributed by atoms with van der Waals surface area (Å²) in [5, 5.41) is 2.18. The van der Waals surface area contributed by atoms with Crippen LogP contribution in [0.2, 0.25) is 15.1 Å². The third-order valence-corrected chi connectivity index (χ3v) is 5.76. The predicted octanol–water partition coefficient (Wildman–Crippen LogP) is 6.45. The Morgan fingerprint density at radius 3 is 2.25 bits per heavy atom. The molecule has 4 rings (SSSR count). The third kappa shape index (κ3) is 5.25. The van der Waals surface area contributed by atoms with Crippen molar-refractivity contribution in [2.75, 3.05) is 31.6 Å². The first-order valence-corrected chi connectivity index (χ1v) is 10.4. The smallest absolute Gasteiger partial charge is 0.409 e. The number of halogens is 3. The van der Waals surface area contributed by atoms with Gasteiger partial charge in [0.2, 0.25) is 0 Å². The van der Waals surface area contributed by atoms with Crippen LogP contribution in [0.15, 0.2) is 42.5 Å². The second-order valence-electron chi connectivity index (χ2n) is 6.88. The number of benzene rings is 2. The Kier molecular flexibility index (Phi) is 7.33. The molecule has 0 radical (unpaired) electrons. The molecule has 0 spiro atoms. The minimum absolute atomic E-state index is 0.208. The fourth-order valence-corrected chi connectivity index (χ4v) is 4.10. The van der Waals surface area contributed by atoms with Gasteiger partial charge in [-0.05, 0) is 61.2 Å². The molecular formula is C21H23Cl3N2O2. The van der Waals surface area contributed by atoms with E-state index in [-0.39, 0.29) is 6.09 Å². The number of likely N-dealkylation sites (N-methyl/N-ethyl adjacent to an activating group) is 1. The van der Waals surface area contributed by atoms with Crippen molar-refractivity contribution >= 4 is 46.6 Å². The topological polar surface area (TPSA) is 32.8 Å². The largest absolute Gasteiger partial charge is 0.448 e. The summed E-state index contributed by atoms with van der Waals surface area (Å²) in [6, 6.07) is 14.1. The molecule has 0 saturated carbocycles. The zero-order chi connectivity index (χ0) is 20.1. The van der Waals surface area contributed by atoms with Crippen LogP contribution in [0.25, 0.3) is 0 Å². The summed E-state index contributed by atoms with van der Waals surface area (Å²) in [7, 11) is 1.72. The first-order chi connectivity index (χ1) is 13.5. The van der Waals surface area contributed by atoms with E-state index in [1.54, 1.807) is 11.9 Å². The molecule has 1 atom stereocenters. The molecule has 1 unspecified atom stereocenters. The SMILES string of the molecule is CN1CCOC1=O.Clc1ccc(N2CCCCC2c2ccc(Cl)cc2Cl)cc1. The highest BCUT2D eigenvalue weighted by Crippen LogP contribution is 2.38. The molecule has 150 valence electrons. The van der Waals surface area contributed by atoms with Crippen LogP contribution in [0.5, 0.6) is 0 Å². The molecule has 28 heavy (non-hydrogen) atoms. The van der Waals surface area contributed by atoms with Gasteiger partial charge in [0.05, 0.1) is 12.6 Å². The van der Waals surface area contributed by atoms with E-state index in [1.807, 2.05) is 30.3 Å². The van der Waals surface area contributed by atoms with Crippen LogP contribution in [0.4, 0.5) is 10.5 Å². The first-order valence-electron chi connectivity index (χ1n) is 9.31. The van der Waals surface area contributed by atoms with Gasteiger partial charge in [-0.25, -0.2) is 4.79 Å². The molecule has 2 aliphatic rings. The van der Waals surface area contributed by atoms with E-state index in [2.05, 4.69) is 21.8 Å². The van der Waals surface area contributed by atoms with Crippen molar-refractivity contribution in [1.29, 1.82) is 0 Å². The van der Waals surface area contributed by atoms with Crippen molar-refractivity contribution in [1.82, 2.24) is 4.90 Å². The van der Waals surface area contributed by atoms with Gasteiger partial charge in [-0.3, -0.25) is 0 Å². The van der Waals surface area contributed by atoms with Gasteiger partial charge in [-0.15, -0.1) is 0 Å². The molecule has 7 heteroatoms. The van der Waals surface area contributed by atoms with E-state index >= 15 is 0 Å². The van der Waals surface area contributed by atoms with E-state index in [0.29, 0.717) is 17.7 Å². The van der Waals surface area contributed by atoms with Crippen molar-refractivity contribution in [3.05, 3.63) is 63.1 Å². The van der Waals surface area contributed by atoms with Gasteiger partial charge >= 0.3 is 6.09 Å². The number of piperidine rings is 1. The minimum Gasteiger partial charge on any atom is -0.448 e. The number of anilines is 1. The fourth-order valence-electron chi connectivity index (χ4n) is 3.44. The van der Waals surface area contributed by atoms with Gasteiger partial charge in [0, 0.05) is 34.3 Å². The lowest BCUT2D eigenvalue weighted by molar-refractivity contribution is 0.163. The summed E-state index contributed by atoms with van der Waals surface area (Å²) in [6.07, 6.45) is 3.31. The van der Waals surface area contributed by atoms with Crippen LogP contribution in [0.1, 0.15) is 30.9 Å². The second kappa shape index (κ2) is 9.73. The third-order valence-electron chi connectivity index (χ3n) is 4.95. The highest BCUT2D eigenvalue weighted by Gasteiger charge is 2.26. The Morgan fingerprint density at radius 1 is 0.964 bits per heavy atom. The summed E-state index contributed by atoms with van der Waals surface area (Å²) in [5.74, 6) is 0. The maximum Gasteiger partial charge on any atom is 0.409 e. The van der Waals surface area contributed by atoms with Crippen LogP contribution in [-0.2, 0) is 4.74 Å². The molecule has 1 amide bonds. The number of carbonyl (C=O) groups excluding carboxylic acids is 1. The molecule has 0 N–H and O–H groups in total. The lowest BCUT2D eigenvalue weighted by atomic mass is 9.94. The Bertz CT molecular complexity index is 814. The van der Waals surface area contributed by atoms with Gasteiger partial charge in [-0.2, -0.15) is 0 Å². The van der Waals surface area contributed by atoms with Crippen LogP contribution in [-0.4, -0.2) is 37.7 Å². The van der Waals surface area contributed by atoms with Gasteiger partial charge in [0.25, 0.3) is 0 Å². The summed E-state index contributed by atoms with van der Waals surface area (Å²) in [4.78, 5) is 14.2. The average Bonchev–Trinajstić information content (AvgIpc) is 3.06. The summed E-state index contributed by atoms with van der Waals surface area (Å²) < 4.78 is 4.55. The molecule has 2 aliphatic heterocycles. The quantitative estimate of drug-likeness (QED) is 0.537. The molecule has 2 saturated heterocycles. The summed E-state index contributed by atoms with van der Waals surface area (Å²) in [5.41, 5.74) is 2.34. The number of nitrogens with zero attached hydrogens (tertiary/aromatic N) is 2. The molecule has 2 aromatic carbocycles. The van der Waals surface area contributed by atoms with Crippen molar-refractivity contribution in [2.45, 2.75) is 25.3 Å². The van der Waals surface area contributed by atoms with Crippen LogP contribution >= 0.6 is 34.8 Å². The molecule has 2 fully saturated rings. The fraction of sp³-hybridized carbons (Fsp3) is 0.381. The highest BCUT2D eigenvalue weighted by atomic mass is 35.5. The monoisotopic (exact) mass is 440 g/mol. The van der Waals surface area contributed by atoms with Crippen molar-refractivity contribution in [3.63, 3.8) is 0 Å². The summed E-state index contributed by atoms with van der Waals surface area (Å²) >= 11 is 18.4. The number of carbonyl (C=O) groups is 1. The van der Waals surface area contributed by atoms with E-state index < -0.39 is 0 Å². The minimum atomic E-state index is -0.208. The number of hydrogen-bond acceptors (Lipinski definition) is 3. The zero-order valence-electron chi connectivity index (χ0n) is 15.7. The molecule has 2 heterocycles. The highest BCUT2D eigenvalue weighted by molar-refractivity contribution is 6.35. The molecule has 2 aromatic rings. The molecule has 4 nitrogen and oxygen atoms in total. The number of amides is 1. The van der Waals surface area contributed by atoms with Gasteiger partial charge in [-0.1, -0.05) is 40.9 Å². The van der Waals surface area contributed by atoms with Gasteiger partial charge < -0.3 is 14.5 Å². The van der Waals surface area contributed by atoms with E-state index in [0.717, 1.165) is 35.1 Å². The maximum atomic E-state index is 10.3. The lowest BCUT2D eigenvalue weighted by Crippen LogP contribution is -2.33. The first kappa shape index (κ1) is 21.1. The normalized spacial score (nSPS) is 19.1. The lowest BCUT2D eigenvalue weighted by Gasteiger charge is -2.38. The number of hydrogen-bond donors (Lipinski definition) is 0. The van der Waals surface area contributed by atoms with Gasteiger partial charge in [0.15, 0.2) is 0 Å². The Balaban J connectivity index is 0.000000271. The number of cyclic esters (lactones) is 1. The Morgan fingerprint density at radius 2 is 1.68 bits per heavy atom. The van der Waals surface area contributed by atoms with E-state index in [4.69, 9.17) is 34.8 Å². The second-order valence-corrected chi connectivity index (χ2v) is 8.16. The molecule has 0 aliphatic carbocycles. The maximum absolute atomic E-state index is 10.3. The average molecular weight is 442 g/mol. The Labute approximate surface area is 180 Å². The van der Waals surface area contributed by atoms with Crippen molar-refractivity contribution < 1.29 is 9.53 Å². The summed E-state index contributed by atoms with van der Waals surface area (Å²) in [6.45, 7) is 2.32. The van der Waals surface area contributed by atoms with Crippen molar-refractivity contribution in [2.24, 2.45) is 0 Å². The Hall–Kier alpha value is -1.62. The molecular weight excluding hydrogens is 419 g/mol. The molecule has 0 aromatic heterocycles. The van der Waals surface area contributed by atoms with E-state index in [9.17, 15) is 4.79 Å². The number of ether oxygens (including phenoxy) is 1. The molecule has 0 bridgehead atoms. The van der Waals surface area contributed by atoms with Crippen LogP contribution in [0, 0.1) is 0 Å². The number of rotatable bonds is 2. The zero-order valence-corrected chi connectivity index (χ0v) is 18.0. The van der Waals surface area contributed by atoms with Crippen molar-refractivity contribution in [3.8, 4) is 0 Å². The predicted molar refractivity (Wildman–Crippen MR) is 116 cm³/mol. The van der Waals surface area contributed by atoms with E-state index in [1.165, 1.54) is 18.5 Å². The van der Waals surface area contributed by atoms with Gasteiger partial charge in [0.1, 0.15) is 6.61 Å². The van der Waals surface area contributed by atoms with Crippen LogP contribution < -0.4 is 4.90 Å².